The molecule has 2 rings (SSSR count). The van der Waals surface area contributed by atoms with E-state index in [1.807, 2.05) is 6.08 Å². The Morgan fingerprint density at radius 3 is 2.37 bits per heavy atom. The van der Waals surface area contributed by atoms with Gasteiger partial charge < -0.3 is 10.6 Å². The number of hydrogen-bond acceptors (Lipinski definition) is 3. The van der Waals surface area contributed by atoms with Crippen molar-refractivity contribution < 1.29 is 14.0 Å². The highest BCUT2D eigenvalue weighted by Gasteiger charge is 2.45. The van der Waals surface area contributed by atoms with Gasteiger partial charge in [0.25, 0.3) is 0 Å². The number of amides is 2. The number of hydrogen-bond donors (Lipinski definition) is 2. The molecule has 2 N–H and O–H groups in total. The summed E-state index contributed by atoms with van der Waals surface area (Å²) in [6.07, 6.45) is 3.29. The molecule has 0 unspecified atom stereocenters. The van der Waals surface area contributed by atoms with Gasteiger partial charge in [-0.1, -0.05) is 17.7 Å². The first-order chi connectivity index (χ1) is 12.5. The van der Waals surface area contributed by atoms with E-state index >= 15 is 0 Å². The van der Waals surface area contributed by atoms with Gasteiger partial charge in [-0.15, -0.1) is 6.58 Å². The maximum Gasteiger partial charge on any atom is 0.313 e. The fourth-order valence-corrected chi connectivity index (χ4v) is 4.17. The van der Waals surface area contributed by atoms with Crippen LogP contribution in [0, 0.1) is 5.82 Å². The van der Waals surface area contributed by atoms with Crippen LogP contribution in [0.2, 0.25) is 5.02 Å². The minimum atomic E-state index is -0.833. The van der Waals surface area contributed by atoms with E-state index in [2.05, 4.69) is 49.8 Å². The summed E-state index contributed by atoms with van der Waals surface area (Å²) in [6.45, 7) is 13.1. The highest BCUT2D eigenvalue weighted by molar-refractivity contribution is 6.39. The zero-order valence-electron chi connectivity index (χ0n) is 16.2. The van der Waals surface area contributed by atoms with E-state index in [4.69, 9.17) is 11.6 Å². The van der Waals surface area contributed by atoms with Crippen molar-refractivity contribution in [2.24, 2.45) is 0 Å². The number of rotatable bonds is 4. The molecule has 1 saturated heterocycles. The van der Waals surface area contributed by atoms with Gasteiger partial charge >= 0.3 is 11.8 Å². The molecule has 7 heteroatoms. The molecule has 0 radical (unpaired) electrons. The average Bonchev–Trinajstić information content (AvgIpc) is 2.53. The van der Waals surface area contributed by atoms with Crippen molar-refractivity contribution >= 4 is 29.1 Å². The summed E-state index contributed by atoms with van der Waals surface area (Å²) in [7, 11) is 0. The summed E-state index contributed by atoms with van der Waals surface area (Å²) < 4.78 is 13.5. The van der Waals surface area contributed by atoms with Crippen LogP contribution in [-0.2, 0) is 9.59 Å². The molecule has 0 aliphatic carbocycles. The summed E-state index contributed by atoms with van der Waals surface area (Å²) >= 11 is 5.62. The monoisotopic (exact) mass is 395 g/mol. The Morgan fingerprint density at radius 2 is 1.85 bits per heavy atom. The maximum atomic E-state index is 13.5. The van der Waals surface area contributed by atoms with E-state index in [-0.39, 0.29) is 27.8 Å². The first-order valence-electron chi connectivity index (χ1n) is 8.92. The average molecular weight is 396 g/mol. The molecule has 27 heavy (non-hydrogen) atoms. The van der Waals surface area contributed by atoms with E-state index in [0.29, 0.717) is 12.8 Å². The van der Waals surface area contributed by atoms with Gasteiger partial charge in [0.2, 0.25) is 0 Å². The SMILES string of the molecule is C=CCN1C(C)(C)CC(NC(=O)C(=O)Nc2ccc(Cl)c(F)c2)CC1(C)C. The van der Waals surface area contributed by atoms with Crippen LogP contribution in [0.15, 0.2) is 30.9 Å². The lowest BCUT2D eigenvalue weighted by Gasteiger charge is -2.55. The number of piperidine rings is 1. The molecule has 5 nitrogen and oxygen atoms in total. The third-order valence-corrected chi connectivity index (χ3v) is 5.29. The van der Waals surface area contributed by atoms with Crippen molar-refractivity contribution in [1.82, 2.24) is 10.2 Å². The molecule has 0 spiro atoms. The van der Waals surface area contributed by atoms with E-state index in [0.717, 1.165) is 12.6 Å². The van der Waals surface area contributed by atoms with Crippen LogP contribution < -0.4 is 10.6 Å². The normalized spacial score (nSPS) is 19.3. The van der Waals surface area contributed by atoms with E-state index in [1.54, 1.807) is 0 Å². The first kappa shape index (κ1) is 21.4. The summed E-state index contributed by atoms with van der Waals surface area (Å²) in [6, 6.07) is 3.70. The van der Waals surface area contributed by atoms with Gasteiger partial charge in [0.05, 0.1) is 5.02 Å². The number of carbonyl (C=O) groups is 2. The molecule has 0 bridgehead atoms. The molecule has 1 heterocycles. The molecular weight excluding hydrogens is 369 g/mol. The number of carbonyl (C=O) groups excluding carboxylic acids is 2. The molecule has 0 atom stereocenters. The standard InChI is InChI=1S/C20H27ClFN3O2/c1-6-9-25-19(2,3)11-14(12-20(25,4)5)24-18(27)17(26)23-13-7-8-15(21)16(22)10-13/h6-8,10,14H,1,9,11-12H2,2-5H3,(H,23,26)(H,24,27). The highest BCUT2D eigenvalue weighted by Crippen LogP contribution is 2.38. The van der Waals surface area contributed by atoms with Crippen molar-refractivity contribution in [2.45, 2.75) is 57.7 Å². The number of anilines is 1. The van der Waals surface area contributed by atoms with Crippen molar-refractivity contribution in [3.8, 4) is 0 Å². The van der Waals surface area contributed by atoms with Crippen LogP contribution in [0.4, 0.5) is 10.1 Å². The predicted molar refractivity (Wildman–Crippen MR) is 106 cm³/mol. The first-order valence-corrected chi connectivity index (χ1v) is 9.29. The van der Waals surface area contributed by atoms with Gasteiger partial charge in [-0.05, 0) is 58.7 Å². The quantitative estimate of drug-likeness (QED) is 0.603. The summed E-state index contributed by atoms with van der Waals surface area (Å²) in [5.41, 5.74) is -0.147. The molecular formula is C20H27ClFN3O2. The van der Waals surface area contributed by atoms with Crippen molar-refractivity contribution in [3.05, 3.63) is 41.7 Å². The Hall–Kier alpha value is -1.92. The Balaban J connectivity index is 2.03. The van der Waals surface area contributed by atoms with Gasteiger partial charge in [0.15, 0.2) is 0 Å². The molecule has 2 amide bonds. The number of nitrogens with zero attached hydrogens (tertiary/aromatic N) is 1. The molecule has 1 aromatic carbocycles. The van der Waals surface area contributed by atoms with E-state index in [9.17, 15) is 14.0 Å². The number of halogens is 2. The van der Waals surface area contributed by atoms with Gasteiger partial charge in [0, 0.05) is 29.4 Å². The molecule has 1 fully saturated rings. The fourth-order valence-electron chi connectivity index (χ4n) is 4.06. The fraction of sp³-hybridized carbons (Fsp3) is 0.500. The van der Waals surface area contributed by atoms with Crippen molar-refractivity contribution in [2.75, 3.05) is 11.9 Å². The smallest absolute Gasteiger partial charge is 0.313 e. The van der Waals surface area contributed by atoms with Crippen LogP contribution in [-0.4, -0.2) is 40.4 Å². The molecule has 148 valence electrons. The zero-order valence-corrected chi connectivity index (χ0v) is 17.0. The van der Waals surface area contributed by atoms with Gasteiger partial charge in [-0.2, -0.15) is 0 Å². The maximum absolute atomic E-state index is 13.5. The van der Waals surface area contributed by atoms with Gasteiger partial charge in [0.1, 0.15) is 5.82 Å². The highest BCUT2D eigenvalue weighted by atomic mass is 35.5. The Bertz CT molecular complexity index is 731. The largest absolute Gasteiger partial charge is 0.345 e. The second-order valence-electron chi connectivity index (χ2n) is 8.19. The third-order valence-electron chi connectivity index (χ3n) is 4.98. The molecule has 0 aromatic heterocycles. The molecule has 0 saturated carbocycles. The minimum Gasteiger partial charge on any atom is -0.345 e. The molecule has 1 aliphatic heterocycles. The lowest BCUT2D eigenvalue weighted by molar-refractivity contribution is -0.137. The lowest BCUT2D eigenvalue weighted by atomic mass is 9.77. The number of nitrogens with one attached hydrogen (secondary N) is 2. The number of likely N-dealkylation sites (tertiary alicyclic amines) is 1. The Labute approximate surface area is 164 Å². The van der Waals surface area contributed by atoms with Gasteiger partial charge in [-0.3, -0.25) is 14.5 Å². The third kappa shape index (κ3) is 5.08. The van der Waals surface area contributed by atoms with Crippen LogP contribution in [0.1, 0.15) is 40.5 Å². The minimum absolute atomic E-state index is 0.0480. The summed E-state index contributed by atoms with van der Waals surface area (Å²) in [5, 5.41) is 5.16. The molecule has 1 aliphatic rings. The zero-order chi connectivity index (χ0) is 20.4. The van der Waals surface area contributed by atoms with Crippen LogP contribution in [0.25, 0.3) is 0 Å². The van der Waals surface area contributed by atoms with Crippen LogP contribution >= 0.6 is 11.6 Å². The van der Waals surface area contributed by atoms with Crippen molar-refractivity contribution in [3.63, 3.8) is 0 Å². The second kappa shape index (κ2) is 7.98. The number of benzene rings is 1. The predicted octanol–water partition coefficient (Wildman–Crippen LogP) is 3.74. The summed E-state index contributed by atoms with van der Waals surface area (Å²) in [5.74, 6) is -2.23. The topological polar surface area (TPSA) is 61.4 Å². The van der Waals surface area contributed by atoms with E-state index < -0.39 is 17.6 Å². The lowest BCUT2D eigenvalue weighted by Crippen LogP contribution is -2.64. The van der Waals surface area contributed by atoms with Gasteiger partial charge in [-0.25, -0.2) is 4.39 Å². The van der Waals surface area contributed by atoms with Crippen LogP contribution in [0.3, 0.4) is 0 Å². The Morgan fingerprint density at radius 1 is 1.26 bits per heavy atom. The molecule has 1 aromatic rings. The second-order valence-corrected chi connectivity index (χ2v) is 8.59. The van der Waals surface area contributed by atoms with Crippen LogP contribution in [0.5, 0.6) is 0 Å². The van der Waals surface area contributed by atoms with E-state index in [1.165, 1.54) is 12.1 Å². The van der Waals surface area contributed by atoms with Crippen molar-refractivity contribution in [1.29, 1.82) is 0 Å². The Kier molecular flexibility index (Phi) is 6.32. The summed E-state index contributed by atoms with van der Waals surface area (Å²) in [4.78, 5) is 26.8.